The molecule has 2 aromatic carbocycles. The number of carbonyl (C=O) groups excluding carboxylic acids is 1. The second-order valence-corrected chi connectivity index (χ2v) is 4.38. The molecule has 2 nitrogen and oxygen atoms in total. The molecule has 0 aliphatic heterocycles. The van der Waals surface area contributed by atoms with Crippen molar-refractivity contribution in [3.8, 4) is 0 Å². The lowest BCUT2D eigenvalue weighted by Gasteiger charge is -1.99. The molecular weight excluding hydrogens is 241 g/mol. The SMILES string of the molecule is Cc1cc(F)cc(C(=O)/C=C/c2ccc(N)cc2)c1. The van der Waals surface area contributed by atoms with Crippen molar-refractivity contribution in [2.24, 2.45) is 0 Å². The Morgan fingerprint density at radius 3 is 2.47 bits per heavy atom. The Balaban J connectivity index is 2.18. The topological polar surface area (TPSA) is 43.1 Å². The average Bonchev–Trinajstić information content (AvgIpc) is 2.36. The van der Waals surface area contributed by atoms with Gasteiger partial charge < -0.3 is 5.73 Å². The molecule has 0 atom stereocenters. The van der Waals surface area contributed by atoms with Crippen molar-refractivity contribution in [1.29, 1.82) is 0 Å². The Hall–Kier alpha value is -2.42. The van der Waals surface area contributed by atoms with E-state index in [1.807, 2.05) is 12.1 Å². The third kappa shape index (κ3) is 3.52. The molecular formula is C16H14FNO. The summed E-state index contributed by atoms with van der Waals surface area (Å²) in [6.07, 6.45) is 3.11. The lowest BCUT2D eigenvalue weighted by Crippen LogP contribution is -1.96. The summed E-state index contributed by atoms with van der Waals surface area (Å²) in [6, 6.07) is 11.4. The number of anilines is 1. The maximum Gasteiger partial charge on any atom is 0.185 e. The molecule has 19 heavy (non-hydrogen) atoms. The molecule has 0 fully saturated rings. The largest absolute Gasteiger partial charge is 0.399 e. The van der Waals surface area contributed by atoms with Gasteiger partial charge in [-0.05, 0) is 54.5 Å². The van der Waals surface area contributed by atoms with Crippen LogP contribution in [0.25, 0.3) is 6.08 Å². The van der Waals surface area contributed by atoms with Crippen LogP contribution in [0.15, 0.2) is 48.5 Å². The molecule has 2 N–H and O–H groups in total. The predicted molar refractivity (Wildman–Crippen MR) is 75.4 cm³/mol. The fourth-order valence-corrected chi connectivity index (χ4v) is 1.75. The van der Waals surface area contributed by atoms with Gasteiger partial charge in [-0.15, -0.1) is 0 Å². The quantitative estimate of drug-likeness (QED) is 0.517. The first-order valence-electron chi connectivity index (χ1n) is 5.90. The van der Waals surface area contributed by atoms with E-state index in [-0.39, 0.29) is 5.78 Å². The molecule has 0 radical (unpaired) electrons. The van der Waals surface area contributed by atoms with Crippen LogP contribution in [0.3, 0.4) is 0 Å². The van der Waals surface area contributed by atoms with Gasteiger partial charge in [0.1, 0.15) is 5.82 Å². The summed E-state index contributed by atoms with van der Waals surface area (Å²) >= 11 is 0. The van der Waals surface area contributed by atoms with E-state index >= 15 is 0 Å². The van der Waals surface area contributed by atoms with Gasteiger partial charge in [0, 0.05) is 11.3 Å². The van der Waals surface area contributed by atoms with Gasteiger partial charge in [0.05, 0.1) is 0 Å². The highest BCUT2D eigenvalue weighted by Crippen LogP contribution is 2.11. The molecule has 0 heterocycles. The zero-order valence-corrected chi connectivity index (χ0v) is 10.6. The third-order valence-corrected chi connectivity index (χ3v) is 2.69. The second kappa shape index (κ2) is 5.48. The number of nitrogen functional groups attached to an aromatic ring is 1. The number of halogens is 1. The highest BCUT2D eigenvalue weighted by Gasteiger charge is 2.04. The van der Waals surface area contributed by atoms with Gasteiger partial charge in [-0.3, -0.25) is 4.79 Å². The van der Waals surface area contributed by atoms with E-state index in [2.05, 4.69) is 0 Å². The molecule has 2 rings (SSSR count). The third-order valence-electron chi connectivity index (χ3n) is 2.69. The van der Waals surface area contributed by atoms with E-state index < -0.39 is 5.82 Å². The molecule has 0 saturated carbocycles. The standard InChI is InChI=1S/C16H14FNO/c1-11-8-13(10-14(17)9-11)16(19)7-4-12-2-5-15(18)6-3-12/h2-10H,18H2,1H3/b7-4+. The van der Waals surface area contributed by atoms with Crippen molar-refractivity contribution in [2.75, 3.05) is 5.73 Å². The Bertz CT molecular complexity index is 609. The summed E-state index contributed by atoms with van der Waals surface area (Å²) < 4.78 is 13.2. The smallest absolute Gasteiger partial charge is 0.185 e. The van der Waals surface area contributed by atoms with Crippen LogP contribution in [-0.2, 0) is 0 Å². The molecule has 0 aromatic heterocycles. The molecule has 0 aliphatic rings. The van der Waals surface area contributed by atoms with Crippen molar-refractivity contribution in [3.05, 3.63) is 71.0 Å². The lowest BCUT2D eigenvalue weighted by atomic mass is 10.1. The number of benzene rings is 2. The van der Waals surface area contributed by atoms with Crippen molar-refractivity contribution < 1.29 is 9.18 Å². The number of allylic oxidation sites excluding steroid dienone is 1. The van der Waals surface area contributed by atoms with Crippen molar-refractivity contribution in [2.45, 2.75) is 6.92 Å². The van der Waals surface area contributed by atoms with Crippen molar-refractivity contribution in [3.63, 3.8) is 0 Å². The number of hydrogen-bond acceptors (Lipinski definition) is 2. The zero-order chi connectivity index (χ0) is 13.8. The second-order valence-electron chi connectivity index (χ2n) is 4.38. The predicted octanol–water partition coefficient (Wildman–Crippen LogP) is 3.61. The van der Waals surface area contributed by atoms with Gasteiger partial charge in [-0.1, -0.05) is 18.2 Å². The minimum Gasteiger partial charge on any atom is -0.399 e. The number of aryl methyl sites for hydroxylation is 1. The van der Waals surface area contributed by atoms with Crippen molar-refractivity contribution >= 4 is 17.5 Å². The van der Waals surface area contributed by atoms with Crippen LogP contribution in [0.2, 0.25) is 0 Å². The molecule has 0 saturated heterocycles. The number of nitrogens with two attached hydrogens (primary N) is 1. The molecule has 0 amide bonds. The maximum atomic E-state index is 13.2. The van der Waals surface area contributed by atoms with E-state index in [4.69, 9.17) is 5.73 Å². The van der Waals surface area contributed by atoms with Crippen molar-refractivity contribution in [1.82, 2.24) is 0 Å². The van der Waals surface area contributed by atoms with Crippen LogP contribution in [-0.4, -0.2) is 5.78 Å². The van der Waals surface area contributed by atoms with Gasteiger partial charge in [-0.25, -0.2) is 4.39 Å². The first-order chi connectivity index (χ1) is 9.04. The van der Waals surface area contributed by atoms with Crippen LogP contribution in [0, 0.1) is 12.7 Å². The normalized spacial score (nSPS) is 10.8. The van der Waals surface area contributed by atoms with Crippen LogP contribution in [0.4, 0.5) is 10.1 Å². The van der Waals surface area contributed by atoms with Gasteiger partial charge in [0.2, 0.25) is 0 Å². The van der Waals surface area contributed by atoms with Crippen LogP contribution < -0.4 is 5.73 Å². The first kappa shape index (κ1) is 13.0. The summed E-state index contributed by atoms with van der Waals surface area (Å²) in [5, 5.41) is 0. The van der Waals surface area contributed by atoms with Crippen LogP contribution in [0.1, 0.15) is 21.5 Å². The number of carbonyl (C=O) groups is 1. The van der Waals surface area contributed by atoms with E-state index in [1.165, 1.54) is 18.2 Å². The minimum atomic E-state index is -0.399. The number of ketones is 1. The summed E-state index contributed by atoms with van der Waals surface area (Å²) in [5.74, 6) is -0.622. The Morgan fingerprint density at radius 1 is 1.16 bits per heavy atom. The fraction of sp³-hybridized carbons (Fsp3) is 0.0625. The van der Waals surface area contributed by atoms with E-state index in [1.54, 1.807) is 31.2 Å². The monoisotopic (exact) mass is 255 g/mol. The van der Waals surface area contributed by atoms with Gasteiger partial charge >= 0.3 is 0 Å². The summed E-state index contributed by atoms with van der Waals surface area (Å²) in [7, 11) is 0. The van der Waals surface area contributed by atoms with Gasteiger partial charge in [0.15, 0.2) is 5.78 Å². The molecule has 0 bridgehead atoms. The first-order valence-corrected chi connectivity index (χ1v) is 5.90. The zero-order valence-electron chi connectivity index (χ0n) is 10.6. The Morgan fingerprint density at radius 2 is 1.84 bits per heavy atom. The highest BCUT2D eigenvalue weighted by atomic mass is 19.1. The lowest BCUT2D eigenvalue weighted by molar-refractivity contribution is 0.104. The maximum absolute atomic E-state index is 13.2. The fourth-order valence-electron chi connectivity index (χ4n) is 1.75. The highest BCUT2D eigenvalue weighted by molar-refractivity contribution is 6.06. The molecule has 96 valence electrons. The Labute approximate surface area is 111 Å². The molecule has 0 spiro atoms. The summed E-state index contributed by atoms with van der Waals surface area (Å²) in [4.78, 5) is 11.9. The minimum absolute atomic E-state index is 0.223. The van der Waals surface area contributed by atoms with E-state index in [0.29, 0.717) is 11.3 Å². The number of hydrogen-bond donors (Lipinski definition) is 1. The summed E-state index contributed by atoms with van der Waals surface area (Å²) in [6.45, 7) is 1.75. The average molecular weight is 255 g/mol. The van der Waals surface area contributed by atoms with E-state index in [9.17, 15) is 9.18 Å². The van der Waals surface area contributed by atoms with Crippen LogP contribution >= 0.6 is 0 Å². The number of rotatable bonds is 3. The molecule has 3 heteroatoms. The van der Waals surface area contributed by atoms with Gasteiger partial charge in [-0.2, -0.15) is 0 Å². The Kier molecular flexibility index (Phi) is 3.76. The van der Waals surface area contributed by atoms with E-state index in [0.717, 1.165) is 11.1 Å². The molecule has 0 aliphatic carbocycles. The van der Waals surface area contributed by atoms with Gasteiger partial charge in [0.25, 0.3) is 0 Å². The van der Waals surface area contributed by atoms with Crippen LogP contribution in [0.5, 0.6) is 0 Å². The summed E-state index contributed by atoms with van der Waals surface area (Å²) in [5.41, 5.74) is 8.19. The molecule has 2 aromatic rings. The molecule has 0 unspecified atom stereocenters.